The van der Waals surface area contributed by atoms with Crippen molar-refractivity contribution in [2.45, 2.75) is 38.6 Å². The second-order valence-electron chi connectivity index (χ2n) is 7.80. The number of carbonyl (C=O) groups excluding carboxylic acids is 3. The minimum atomic E-state index is -0.274. The first-order valence-corrected chi connectivity index (χ1v) is 10.5. The van der Waals surface area contributed by atoms with Crippen LogP contribution in [0.3, 0.4) is 0 Å². The summed E-state index contributed by atoms with van der Waals surface area (Å²) in [6.07, 6.45) is 3.07. The lowest BCUT2D eigenvalue weighted by Gasteiger charge is -2.27. The largest absolute Gasteiger partial charge is 0.355 e. The summed E-state index contributed by atoms with van der Waals surface area (Å²) < 4.78 is 0. The number of nitrogens with zero attached hydrogens (tertiary/aromatic N) is 2. The Morgan fingerprint density at radius 1 is 1.10 bits per heavy atom. The van der Waals surface area contributed by atoms with E-state index in [2.05, 4.69) is 17.1 Å². The minimum absolute atomic E-state index is 0.0210. The lowest BCUT2D eigenvalue weighted by molar-refractivity contribution is -0.121. The van der Waals surface area contributed by atoms with Crippen molar-refractivity contribution in [3.05, 3.63) is 47.5 Å². The minimum Gasteiger partial charge on any atom is -0.355 e. The van der Waals surface area contributed by atoms with Crippen LogP contribution in [0.4, 0.5) is 0 Å². The summed E-state index contributed by atoms with van der Waals surface area (Å²) in [6.45, 7) is 5.17. The number of likely N-dealkylation sites (N-methyl/N-ethyl adjacent to an activating group) is 1. The fourth-order valence-corrected chi connectivity index (χ4v) is 4.54. The fraction of sp³-hybridized carbons (Fsp3) is 0.435. The van der Waals surface area contributed by atoms with E-state index in [0.717, 1.165) is 30.3 Å². The standard InChI is InChI=1S/C23H27N3O3/c1-2-25-13-5-9-17(25)15-24-20(27)12-6-14-26-22(28)18-10-3-7-16-8-4-11-19(21(16)18)23(26)29/h3-4,7-8,10-11,17H,2,5-6,9,12-15H2,1H3,(H,24,27). The fourth-order valence-electron chi connectivity index (χ4n) is 4.54. The number of amides is 3. The second-order valence-corrected chi connectivity index (χ2v) is 7.80. The van der Waals surface area contributed by atoms with E-state index in [1.165, 1.54) is 11.3 Å². The van der Waals surface area contributed by atoms with Crippen LogP contribution in [0.2, 0.25) is 0 Å². The first-order chi connectivity index (χ1) is 14.1. The zero-order valence-electron chi connectivity index (χ0n) is 16.8. The molecule has 1 saturated heterocycles. The Balaban J connectivity index is 1.34. The average molecular weight is 393 g/mol. The molecule has 2 aromatic carbocycles. The normalized spacial score (nSPS) is 19.2. The van der Waals surface area contributed by atoms with Crippen LogP contribution < -0.4 is 5.32 Å². The summed E-state index contributed by atoms with van der Waals surface area (Å²) in [6, 6.07) is 11.4. The molecule has 1 unspecified atom stereocenters. The lowest BCUT2D eigenvalue weighted by atomic mass is 9.94. The molecule has 1 N–H and O–H groups in total. The maximum Gasteiger partial charge on any atom is 0.261 e. The molecule has 4 rings (SSSR count). The summed E-state index contributed by atoms with van der Waals surface area (Å²) >= 11 is 0. The highest BCUT2D eigenvalue weighted by molar-refractivity contribution is 6.25. The maximum absolute atomic E-state index is 12.9. The van der Waals surface area contributed by atoms with Crippen molar-refractivity contribution in [2.75, 3.05) is 26.2 Å². The van der Waals surface area contributed by atoms with Crippen molar-refractivity contribution in [1.29, 1.82) is 0 Å². The molecule has 2 heterocycles. The average Bonchev–Trinajstić information content (AvgIpc) is 3.20. The second kappa shape index (κ2) is 8.33. The van der Waals surface area contributed by atoms with Gasteiger partial charge in [-0.05, 0) is 49.9 Å². The summed E-state index contributed by atoms with van der Waals surface area (Å²) in [7, 11) is 0. The van der Waals surface area contributed by atoms with Crippen LogP contribution >= 0.6 is 0 Å². The molecule has 0 spiro atoms. The van der Waals surface area contributed by atoms with Gasteiger partial charge in [-0.1, -0.05) is 31.2 Å². The van der Waals surface area contributed by atoms with Gasteiger partial charge in [0.05, 0.1) is 0 Å². The predicted octanol–water partition coefficient (Wildman–Crippen LogP) is 2.82. The molecular formula is C23H27N3O3. The Morgan fingerprint density at radius 3 is 2.45 bits per heavy atom. The zero-order valence-corrected chi connectivity index (χ0v) is 16.8. The van der Waals surface area contributed by atoms with Crippen molar-refractivity contribution in [3.8, 4) is 0 Å². The molecular weight excluding hydrogens is 366 g/mol. The van der Waals surface area contributed by atoms with Gasteiger partial charge in [-0.3, -0.25) is 24.2 Å². The molecule has 2 aliphatic rings. The SMILES string of the molecule is CCN1CCCC1CNC(=O)CCCN1C(=O)c2cccc3cccc(c23)C1=O. The van der Waals surface area contributed by atoms with Gasteiger partial charge in [0.2, 0.25) is 5.91 Å². The van der Waals surface area contributed by atoms with Crippen LogP contribution in [0.5, 0.6) is 0 Å². The maximum atomic E-state index is 12.9. The third kappa shape index (κ3) is 3.77. The smallest absolute Gasteiger partial charge is 0.261 e. The number of hydrogen-bond acceptors (Lipinski definition) is 4. The summed E-state index contributed by atoms with van der Waals surface area (Å²) in [5, 5.41) is 4.64. The first-order valence-electron chi connectivity index (χ1n) is 10.5. The number of benzene rings is 2. The first kappa shape index (κ1) is 19.6. The van der Waals surface area contributed by atoms with Gasteiger partial charge in [0, 0.05) is 42.1 Å². The topological polar surface area (TPSA) is 69.7 Å². The van der Waals surface area contributed by atoms with Crippen LogP contribution in [-0.2, 0) is 4.79 Å². The van der Waals surface area contributed by atoms with Crippen molar-refractivity contribution in [3.63, 3.8) is 0 Å². The van der Waals surface area contributed by atoms with E-state index in [1.54, 1.807) is 12.1 Å². The molecule has 152 valence electrons. The molecule has 2 aromatic rings. The summed E-state index contributed by atoms with van der Waals surface area (Å²) in [4.78, 5) is 41.6. The molecule has 2 aliphatic heterocycles. The molecule has 1 atom stereocenters. The van der Waals surface area contributed by atoms with Crippen molar-refractivity contribution < 1.29 is 14.4 Å². The van der Waals surface area contributed by atoms with Gasteiger partial charge in [-0.15, -0.1) is 0 Å². The highest BCUT2D eigenvalue weighted by atomic mass is 16.2. The van der Waals surface area contributed by atoms with E-state index >= 15 is 0 Å². The highest BCUT2D eigenvalue weighted by Gasteiger charge is 2.32. The number of rotatable bonds is 7. The van der Waals surface area contributed by atoms with Gasteiger partial charge in [-0.25, -0.2) is 0 Å². The number of nitrogens with one attached hydrogen (secondary N) is 1. The van der Waals surface area contributed by atoms with E-state index in [0.29, 0.717) is 36.6 Å². The van der Waals surface area contributed by atoms with Crippen LogP contribution in [-0.4, -0.2) is 59.7 Å². The van der Waals surface area contributed by atoms with Crippen molar-refractivity contribution in [1.82, 2.24) is 15.1 Å². The Labute approximate surface area is 170 Å². The van der Waals surface area contributed by atoms with E-state index < -0.39 is 0 Å². The van der Waals surface area contributed by atoms with Crippen LogP contribution in [0, 0.1) is 0 Å². The van der Waals surface area contributed by atoms with Crippen LogP contribution in [0.15, 0.2) is 36.4 Å². The Bertz CT molecular complexity index is 905. The summed E-state index contributed by atoms with van der Waals surface area (Å²) in [5.41, 5.74) is 1.12. The van der Waals surface area contributed by atoms with Crippen molar-refractivity contribution in [2.24, 2.45) is 0 Å². The van der Waals surface area contributed by atoms with Gasteiger partial charge in [-0.2, -0.15) is 0 Å². The Kier molecular flexibility index (Phi) is 5.62. The number of likely N-dealkylation sites (tertiary alicyclic amines) is 1. The van der Waals surface area contributed by atoms with Crippen LogP contribution in [0.25, 0.3) is 10.8 Å². The quantitative estimate of drug-likeness (QED) is 0.735. The van der Waals surface area contributed by atoms with Crippen LogP contribution in [0.1, 0.15) is 53.3 Å². The van der Waals surface area contributed by atoms with E-state index in [4.69, 9.17) is 0 Å². The zero-order chi connectivity index (χ0) is 20.4. The van der Waals surface area contributed by atoms with Crippen molar-refractivity contribution >= 4 is 28.5 Å². The monoisotopic (exact) mass is 393 g/mol. The lowest BCUT2D eigenvalue weighted by Crippen LogP contribution is -2.42. The molecule has 0 radical (unpaired) electrons. The Hall–Kier alpha value is -2.73. The molecule has 0 saturated carbocycles. The molecule has 0 aliphatic carbocycles. The highest BCUT2D eigenvalue weighted by Crippen LogP contribution is 2.30. The number of carbonyl (C=O) groups is 3. The number of hydrogen-bond donors (Lipinski definition) is 1. The van der Waals surface area contributed by atoms with E-state index in [9.17, 15) is 14.4 Å². The number of imide groups is 1. The van der Waals surface area contributed by atoms with Gasteiger partial charge in [0.25, 0.3) is 11.8 Å². The molecule has 1 fully saturated rings. The summed E-state index contributed by atoms with van der Waals surface area (Å²) in [5.74, 6) is -0.569. The van der Waals surface area contributed by atoms with Gasteiger partial charge < -0.3 is 5.32 Å². The van der Waals surface area contributed by atoms with Gasteiger partial charge >= 0.3 is 0 Å². The predicted molar refractivity (Wildman–Crippen MR) is 112 cm³/mol. The molecule has 3 amide bonds. The van der Waals surface area contributed by atoms with Gasteiger partial charge in [0.15, 0.2) is 0 Å². The van der Waals surface area contributed by atoms with E-state index in [-0.39, 0.29) is 24.3 Å². The molecule has 6 nitrogen and oxygen atoms in total. The molecule has 0 aromatic heterocycles. The molecule has 29 heavy (non-hydrogen) atoms. The van der Waals surface area contributed by atoms with Gasteiger partial charge in [0.1, 0.15) is 0 Å². The third-order valence-electron chi connectivity index (χ3n) is 6.08. The molecule has 0 bridgehead atoms. The Morgan fingerprint density at radius 2 is 1.79 bits per heavy atom. The molecule has 6 heteroatoms. The third-order valence-corrected chi connectivity index (χ3v) is 6.08. The van der Waals surface area contributed by atoms with E-state index in [1.807, 2.05) is 24.3 Å².